The smallest absolute Gasteiger partial charge is 0.245 e. The van der Waals surface area contributed by atoms with Crippen molar-refractivity contribution < 1.29 is 4.79 Å². The molecule has 98 valence electrons. The van der Waals surface area contributed by atoms with Crippen LogP contribution in [0.2, 0.25) is 0 Å². The number of rotatable bonds is 5. The molecule has 1 N–H and O–H groups in total. The van der Waals surface area contributed by atoms with Crippen LogP contribution in [-0.2, 0) is 4.79 Å². The van der Waals surface area contributed by atoms with Crippen molar-refractivity contribution in [2.75, 3.05) is 19.5 Å². The number of hydrogen-bond acceptors (Lipinski definition) is 3. The van der Waals surface area contributed by atoms with Gasteiger partial charge >= 0.3 is 0 Å². The van der Waals surface area contributed by atoms with E-state index in [1.807, 2.05) is 47.0 Å². The molecule has 0 spiro atoms. The van der Waals surface area contributed by atoms with Crippen molar-refractivity contribution in [2.45, 2.75) is 24.6 Å². The molecule has 2 unspecified atom stereocenters. The highest BCUT2D eigenvalue weighted by Crippen LogP contribution is 2.21. The second-order valence-electron chi connectivity index (χ2n) is 4.64. The molecule has 0 radical (unpaired) electrons. The topological polar surface area (TPSA) is 32.3 Å². The second-order valence-corrected chi connectivity index (χ2v) is 5.92. The van der Waals surface area contributed by atoms with Crippen LogP contribution in [-0.4, -0.2) is 35.5 Å². The van der Waals surface area contributed by atoms with Crippen molar-refractivity contribution in [3.05, 3.63) is 35.9 Å². The molecule has 2 atom stereocenters. The summed E-state index contributed by atoms with van der Waals surface area (Å²) in [6, 6.07) is 9.77. The first kappa shape index (κ1) is 13.4. The molecule has 4 heteroatoms. The molecule has 0 saturated carbocycles. The fourth-order valence-corrected chi connectivity index (χ4v) is 2.44. The van der Waals surface area contributed by atoms with Gasteiger partial charge in [0.15, 0.2) is 0 Å². The molecule has 1 aromatic rings. The highest BCUT2D eigenvalue weighted by atomic mass is 32.2. The zero-order valence-electron chi connectivity index (χ0n) is 10.9. The fraction of sp³-hybridized carbons (Fsp3) is 0.500. The van der Waals surface area contributed by atoms with Crippen molar-refractivity contribution in [1.82, 2.24) is 10.2 Å². The van der Waals surface area contributed by atoms with Crippen molar-refractivity contribution >= 4 is 17.7 Å². The van der Waals surface area contributed by atoms with Gasteiger partial charge in [0.05, 0.1) is 6.67 Å². The first-order valence-corrected chi connectivity index (χ1v) is 7.61. The summed E-state index contributed by atoms with van der Waals surface area (Å²) in [7, 11) is 0. The summed E-state index contributed by atoms with van der Waals surface area (Å²) in [6.07, 6.45) is 3.16. The average molecular weight is 264 g/mol. The number of hydrogen-bond donors (Lipinski definition) is 1. The van der Waals surface area contributed by atoms with Crippen LogP contribution >= 0.6 is 11.8 Å². The molecule has 1 heterocycles. The molecule has 0 aromatic heterocycles. The molecule has 1 aliphatic heterocycles. The van der Waals surface area contributed by atoms with Crippen molar-refractivity contribution in [3.8, 4) is 0 Å². The van der Waals surface area contributed by atoms with E-state index in [2.05, 4.69) is 18.5 Å². The van der Waals surface area contributed by atoms with Crippen LogP contribution in [0.3, 0.4) is 0 Å². The molecule has 1 aromatic carbocycles. The van der Waals surface area contributed by atoms with Crippen LogP contribution in [0.15, 0.2) is 30.3 Å². The van der Waals surface area contributed by atoms with E-state index in [0.29, 0.717) is 11.9 Å². The molecule has 1 fully saturated rings. The normalized spacial score (nSPS) is 21.3. The van der Waals surface area contributed by atoms with Gasteiger partial charge in [0.2, 0.25) is 5.91 Å². The molecular weight excluding hydrogens is 244 g/mol. The van der Waals surface area contributed by atoms with Gasteiger partial charge in [-0.1, -0.05) is 37.3 Å². The SMILES string of the molecule is CSC(C)CCN1CNC(c2ccccc2)C1=O. The monoisotopic (exact) mass is 264 g/mol. The van der Waals surface area contributed by atoms with Gasteiger partial charge in [-0.15, -0.1) is 0 Å². The van der Waals surface area contributed by atoms with E-state index >= 15 is 0 Å². The molecule has 0 aliphatic carbocycles. The predicted molar refractivity (Wildman–Crippen MR) is 76.5 cm³/mol. The Morgan fingerprint density at radius 2 is 2.17 bits per heavy atom. The molecule has 2 rings (SSSR count). The molecule has 18 heavy (non-hydrogen) atoms. The molecule has 1 amide bonds. The summed E-state index contributed by atoms with van der Waals surface area (Å²) in [5.41, 5.74) is 1.06. The van der Waals surface area contributed by atoms with E-state index < -0.39 is 0 Å². The van der Waals surface area contributed by atoms with E-state index in [1.165, 1.54) is 0 Å². The molecule has 0 bridgehead atoms. The Kier molecular flexibility index (Phi) is 4.66. The van der Waals surface area contributed by atoms with Gasteiger partial charge in [0.25, 0.3) is 0 Å². The number of carbonyl (C=O) groups is 1. The van der Waals surface area contributed by atoms with Crippen molar-refractivity contribution in [1.29, 1.82) is 0 Å². The third-order valence-electron chi connectivity index (χ3n) is 3.39. The first-order chi connectivity index (χ1) is 8.72. The Bertz CT molecular complexity index is 396. The Hall–Kier alpha value is -1.00. The maximum absolute atomic E-state index is 12.3. The van der Waals surface area contributed by atoms with Gasteiger partial charge in [-0.3, -0.25) is 10.1 Å². The molecule has 3 nitrogen and oxygen atoms in total. The van der Waals surface area contributed by atoms with Crippen molar-refractivity contribution in [3.63, 3.8) is 0 Å². The summed E-state index contributed by atoms with van der Waals surface area (Å²) in [4.78, 5) is 14.2. The maximum Gasteiger partial charge on any atom is 0.245 e. The van der Waals surface area contributed by atoms with E-state index in [-0.39, 0.29) is 11.9 Å². The molecule has 1 saturated heterocycles. The van der Waals surface area contributed by atoms with Crippen LogP contribution in [0, 0.1) is 0 Å². The lowest BCUT2D eigenvalue weighted by Crippen LogP contribution is -2.29. The number of benzene rings is 1. The minimum Gasteiger partial charge on any atom is -0.328 e. The Labute approximate surface area is 113 Å². The summed E-state index contributed by atoms with van der Waals surface area (Å²) in [5, 5.41) is 3.89. The van der Waals surface area contributed by atoms with E-state index in [1.54, 1.807) is 0 Å². The first-order valence-electron chi connectivity index (χ1n) is 6.32. The number of nitrogens with one attached hydrogen (secondary N) is 1. The number of carbonyl (C=O) groups excluding carboxylic acids is 1. The van der Waals surface area contributed by atoms with Gasteiger partial charge in [0, 0.05) is 11.8 Å². The summed E-state index contributed by atoms with van der Waals surface area (Å²) >= 11 is 1.85. The Balaban J connectivity index is 1.93. The van der Waals surface area contributed by atoms with E-state index in [0.717, 1.165) is 18.5 Å². The highest BCUT2D eigenvalue weighted by molar-refractivity contribution is 7.99. The summed E-state index contributed by atoms with van der Waals surface area (Å²) in [6.45, 7) is 3.71. The van der Waals surface area contributed by atoms with Crippen molar-refractivity contribution in [2.24, 2.45) is 0 Å². The van der Waals surface area contributed by atoms with Crippen LogP contribution in [0.25, 0.3) is 0 Å². The standard InChI is InChI=1S/C14H20N2OS/c1-11(18-2)8-9-16-10-15-13(14(16)17)12-6-4-3-5-7-12/h3-7,11,13,15H,8-10H2,1-2H3. The van der Waals surface area contributed by atoms with Crippen LogP contribution in [0.1, 0.15) is 24.9 Å². The highest BCUT2D eigenvalue weighted by Gasteiger charge is 2.31. The summed E-state index contributed by atoms with van der Waals surface area (Å²) < 4.78 is 0. The van der Waals surface area contributed by atoms with Gasteiger partial charge in [-0.2, -0.15) is 11.8 Å². The van der Waals surface area contributed by atoms with Gasteiger partial charge in [-0.25, -0.2) is 0 Å². The maximum atomic E-state index is 12.3. The van der Waals surface area contributed by atoms with Crippen LogP contribution < -0.4 is 5.32 Å². The largest absolute Gasteiger partial charge is 0.328 e. The number of amides is 1. The third kappa shape index (κ3) is 3.06. The Morgan fingerprint density at radius 3 is 2.83 bits per heavy atom. The quantitative estimate of drug-likeness (QED) is 0.885. The van der Waals surface area contributed by atoms with Gasteiger partial charge in [-0.05, 0) is 18.2 Å². The van der Waals surface area contributed by atoms with Gasteiger partial charge in [0.1, 0.15) is 6.04 Å². The van der Waals surface area contributed by atoms with E-state index in [9.17, 15) is 4.79 Å². The fourth-order valence-electron chi connectivity index (χ4n) is 2.10. The van der Waals surface area contributed by atoms with Crippen LogP contribution in [0.4, 0.5) is 0 Å². The average Bonchev–Trinajstić information content (AvgIpc) is 2.78. The minimum atomic E-state index is -0.157. The lowest BCUT2D eigenvalue weighted by Gasteiger charge is -2.17. The number of thioether (sulfide) groups is 1. The van der Waals surface area contributed by atoms with E-state index in [4.69, 9.17) is 0 Å². The van der Waals surface area contributed by atoms with Gasteiger partial charge < -0.3 is 4.90 Å². The lowest BCUT2D eigenvalue weighted by molar-refractivity contribution is -0.129. The second kappa shape index (κ2) is 6.25. The number of nitrogens with zero attached hydrogens (tertiary/aromatic N) is 1. The predicted octanol–water partition coefficient (Wildman–Crippen LogP) is 2.26. The van der Waals surface area contributed by atoms with Crippen LogP contribution in [0.5, 0.6) is 0 Å². The zero-order chi connectivity index (χ0) is 13.0. The Morgan fingerprint density at radius 1 is 1.44 bits per heavy atom. The minimum absolute atomic E-state index is 0.157. The molecule has 1 aliphatic rings. The molecular formula is C14H20N2OS. The third-order valence-corrected chi connectivity index (χ3v) is 4.43. The lowest BCUT2D eigenvalue weighted by atomic mass is 10.1. The zero-order valence-corrected chi connectivity index (χ0v) is 11.7. The summed E-state index contributed by atoms with van der Waals surface area (Å²) in [5.74, 6) is 0.203.